The predicted octanol–water partition coefficient (Wildman–Crippen LogP) is 2.15. The van der Waals surface area contributed by atoms with E-state index in [0.717, 1.165) is 5.69 Å². The molecule has 0 saturated heterocycles. The Morgan fingerprint density at radius 1 is 1.14 bits per heavy atom. The maximum atomic E-state index is 5.62. The molecule has 0 aliphatic rings. The smallest absolute Gasteiger partial charge is 0.0334 e. The van der Waals surface area contributed by atoms with Crippen molar-refractivity contribution in [3.63, 3.8) is 0 Å². The van der Waals surface area contributed by atoms with Crippen LogP contribution in [-0.2, 0) is 13.6 Å². The standard InChI is InChI=1S/C12H14N2/c1-14-9-11(7-12(14)8-13)10-5-3-2-4-6-10/h2-7,9H,8,13H2,1H3. The summed E-state index contributed by atoms with van der Waals surface area (Å²) >= 11 is 0. The molecule has 1 aromatic carbocycles. The maximum Gasteiger partial charge on any atom is 0.0334 e. The van der Waals surface area contributed by atoms with E-state index in [1.807, 2.05) is 25.2 Å². The second kappa shape index (κ2) is 3.68. The Labute approximate surface area is 84.0 Å². The van der Waals surface area contributed by atoms with Crippen LogP contribution in [0.1, 0.15) is 5.69 Å². The van der Waals surface area contributed by atoms with Gasteiger partial charge in [0.05, 0.1) is 0 Å². The normalized spacial score (nSPS) is 10.4. The molecule has 72 valence electrons. The van der Waals surface area contributed by atoms with E-state index >= 15 is 0 Å². The number of benzene rings is 1. The first kappa shape index (κ1) is 9.03. The number of hydrogen-bond donors (Lipinski definition) is 1. The molecule has 0 amide bonds. The highest BCUT2D eigenvalue weighted by Crippen LogP contribution is 2.20. The molecular formula is C12H14N2. The van der Waals surface area contributed by atoms with Gasteiger partial charge in [-0.2, -0.15) is 0 Å². The van der Waals surface area contributed by atoms with Gasteiger partial charge in [0.25, 0.3) is 0 Å². The van der Waals surface area contributed by atoms with Gasteiger partial charge in [-0.15, -0.1) is 0 Å². The summed E-state index contributed by atoms with van der Waals surface area (Å²) in [6, 6.07) is 12.5. The summed E-state index contributed by atoms with van der Waals surface area (Å²) in [5.74, 6) is 0. The molecule has 0 fully saturated rings. The van der Waals surface area contributed by atoms with Crippen LogP contribution < -0.4 is 5.73 Å². The number of rotatable bonds is 2. The molecular weight excluding hydrogens is 172 g/mol. The van der Waals surface area contributed by atoms with Gasteiger partial charge in [-0.05, 0) is 17.2 Å². The van der Waals surface area contributed by atoms with Gasteiger partial charge in [-0.1, -0.05) is 30.3 Å². The number of aryl methyl sites for hydroxylation is 1. The van der Waals surface area contributed by atoms with Gasteiger partial charge >= 0.3 is 0 Å². The summed E-state index contributed by atoms with van der Waals surface area (Å²) in [7, 11) is 2.02. The van der Waals surface area contributed by atoms with Gasteiger partial charge in [0, 0.05) is 25.5 Å². The van der Waals surface area contributed by atoms with E-state index < -0.39 is 0 Å². The number of hydrogen-bond acceptors (Lipinski definition) is 1. The fourth-order valence-electron chi connectivity index (χ4n) is 1.60. The van der Waals surface area contributed by atoms with Crippen molar-refractivity contribution < 1.29 is 0 Å². The lowest BCUT2D eigenvalue weighted by Gasteiger charge is -1.95. The molecule has 0 bridgehead atoms. The van der Waals surface area contributed by atoms with Crippen LogP contribution in [-0.4, -0.2) is 4.57 Å². The van der Waals surface area contributed by atoms with Gasteiger partial charge in [0.15, 0.2) is 0 Å². The van der Waals surface area contributed by atoms with Crippen molar-refractivity contribution in [3.05, 3.63) is 48.3 Å². The zero-order valence-electron chi connectivity index (χ0n) is 8.27. The van der Waals surface area contributed by atoms with Gasteiger partial charge < -0.3 is 10.3 Å². The Balaban J connectivity index is 2.43. The molecule has 1 aromatic heterocycles. The lowest BCUT2D eigenvalue weighted by molar-refractivity contribution is 0.824. The summed E-state index contributed by atoms with van der Waals surface area (Å²) < 4.78 is 2.07. The molecule has 2 N–H and O–H groups in total. The Bertz CT molecular complexity index is 415. The molecule has 0 aliphatic carbocycles. The average molecular weight is 186 g/mol. The van der Waals surface area contributed by atoms with Gasteiger partial charge in [0.2, 0.25) is 0 Å². The minimum absolute atomic E-state index is 0.587. The molecule has 14 heavy (non-hydrogen) atoms. The van der Waals surface area contributed by atoms with Gasteiger partial charge in [-0.25, -0.2) is 0 Å². The lowest BCUT2D eigenvalue weighted by Crippen LogP contribution is -2.01. The second-order valence-electron chi connectivity index (χ2n) is 3.40. The first-order valence-corrected chi connectivity index (χ1v) is 4.72. The fraction of sp³-hybridized carbons (Fsp3) is 0.167. The molecule has 2 rings (SSSR count). The molecule has 2 aromatic rings. The topological polar surface area (TPSA) is 30.9 Å². The van der Waals surface area contributed by atoms with Crippen LogP contribution in [0.3, 0.4) is 0 Å². The Morgan fingerprint density at radius 2 is 1.86 bits per heavy atom. The Kier molecular flexibility index (Phi) is 2.37. The fourth-order valence-corrected chi connectivity index (χ4v) is 1.60. The van der Waals surface area contributed by atoms with Crippen LogP contribution in [0.2, 0.25) is 0 Å². The van der Waals surface area contributed by atoms with Crippen molar-refractivity contribution in [2.24, 2.45) is 12.8 Å². The summed E-state index contributed by atoms with van der Waals surface area (Å²) in [5, 5.41) is 0. The summed E-state index contributed by atoms with van der Waals surface area (Å²) in [6.45, 7) is 0.587. The first-order valence-electron chi connectivity index (χ1n) is 4.72. The van der Waals surface area contributed by atoms with E-state index in [2.05, 4.69) is 29.0 Å². The van der Waals surface area contributed by atoms with E-state index in [1.54, 1.807) is 0 Å². The maximum absolute atomic E-state index is 5.62. The van der Waals surface area contributed by atoms with Gasteiger partial charge in [-0.3, -0.25) is 0 Å². The first-order chi connectivity index (χ1) is 6.81. The second-order valence-corrected chi connectivity index (χ2v) is 3.40. The molecule has 0 unspecified atom stereocenters. The highest BCUT2D eigenvalue weighted by Gasteiger charge is 2.02. The van der Waals surface area contributed by atoms with Crippen LogP contribution in [0, 0.1) is 0 Å². The molecule has 0 saturated carbocycles. The third-order valence-electron chi connectivity index (χ3n) is 2.42. The van der Waals surface area contributed by atoms with Crippen LogP contribution in [0.4, 0.5) is 0 Å². The van der Waals surface area contributed by atoms with E-state index in [-0.39, 0.29) is 0 Å². The SMILES string of the molecule is Cn1cc(-c2ccccc2)cc1CN. The van der Waals surface area contributed by atoms with Crippen LogP contribution in [0.25, 0.3) is 11.1 Å². The van der Waals surface area contributed by atoms with Crippen molar-refractivity contribution in [1.29, 1.82) is 0 Å². The van der Waals surface area contributed by atoms with Crippen molar-refractivity contribution >= 4 is 0 Å². The summed E-state index contributed by atoms with van der Waals surface area (Å²) in [4.78, 5) is 0. The van der Waals surface area contributed by atoms with Crippen LogP contribution >= 0.6 is 0 Å². The van der Waals surface area contributed by atoms with Crippen LogP contribution in [0.15, 0.2) is 42.6 Å². The van der Waals surface area contributed by atoms with E-state index in [9.17, 15) is 0 Å². The Hall–Kier alpha value is -1.54. The minimum Gasteiger partial charge on any atom is -0.353 e. The zero-order chi connectivity index (χ0) is 9.97. The minimum atomic E-state index is 0.587. The van der Waals surface area contributed by atoms with Crippen molar-refractivity contribution in [2.45, 2.75) is 6.54 Å². The number of nitrogens with two attached hydrogens (primary N) is 1. The van der Waals surface area contributed by atoms with Crippen molar-refractivity contribution in [2.75, 3.05) is 0 Å². The predicted molar refractivity (Wildman–Crippen MR) is 58.7 cm³/mol. The molecule has 0 radical (unpaired) electrons. The molecule has 0 aliphatic heterocycles. The summed E-state index contributed by atoms with van der Waals surface area (Å²) in [6.07, 6.45) is 2.11. The van der Waals surface area contributed by atoms with Crippen molar-refractivity contribution in [1.82, 2.24) is 4.57 Å². The Morgan fingerprint density at radius 3 is 2.43 bits per heavy atom. The molecule has 0 atom stereocenters. The van der Waals surface area contributed by atoms with Crippen molar-refractivity contribution in [3.8, 4) is 11.1 Å². The van der Waals surface area contributed by atoms with E-state index in [4.69, 9.17) is 5.73 Å². The lowest BCUT2D eigenvalue weighted by atomic mass is 10.1. The third kappa shape index (κ3) is 1.56. The molecule has 0 spiro atoms. The van der Waals surface area contributed by atoms with E-state index in [0.29, 0.717) is 6.54 Å². The molecule has 1 heterocycles. The quantitative estimate of drug-likeness (QED) is 0.765. The van der Waals surface area contributed by atoms with Crippen LogP contribution in [0.5, 0.6) is 0 Å². The van der Waals surface area contributed by atoms with E-state index in [1.165, 1.54) is 11.1 Å². The highest BCUT2D eigenvalue weighted by molar-refractivity contribution is 5.63. The summed E-state index contributed by atoms with van der Waals surface area (Å²) in [5.41, 5.74) is 9.25. The molecule has 2 nitrogen and oxygen atoms in total. The highest BCUT2D eigenvalue weighted by atomic mass is 14.9. The number of nitrogens with zero attached hydrogens (tertiary/aromatic N) is 1. The van der Waals surface area contributed by atoms with Gasteiger partial charge in [0.1, 0.15) is 0 Å². The number of aromatic nitrogens is 1. The third-order valence-corrected chi connectivity index (χ3v) is 2.42. The monoisotopic (exact) mass is 186 g/mol. The average Bonchev–Trinajstić information content (AvgIpc) is 2.61. The largest absolute Gasteiger partial charge is 0.353 e. The zero-order valence-corrected chi connectivity index (χ0v) is 8.27. The molecule has 2 heteroatoms.